The second-order valence-corrected chi connectivity index (χ2v) is 8.22. The number of esters is 1. The average molecular weight is 489 g/mol. The molecule has 1 aromatic carbocycles. The lowest BCUT2D eigenvalue weighted by molar-refractivity contribution is -0.147. The molecule has 0 unspecified atom stereocenters. The molecule has 170 valence electrons. The first kappa shape index (κ1) is 23.1. The van der Waals surface area contributed by atoms with Gasteiger partial charge in [-0.25, -0.2) is 14.4 Å². The lowest BCUT2D eigenvalue weighted by Crippen LogP contribution is -2.54. The third kappa shape index (κ3) is 5.30. The molecule has 0 aliphatic carbocycles. The number of nitrogens with zero attached hydrogens (tertiary/aromatic N) is 6. The maximum atomic E-state index is 14.5. The Morgan fingerprint density at radius 2 is 2.03 bits per heavy atom. The fourth-order valence-corrected chi connectivity index (χ4v) is 4.08. The van der Waals surface area contributed by atoms with Crippen molar-refractivity contribution in [1.29, 1.82) is 5.26 Å². The lowest BCUT2D eigenvalue weighted by Gasteiger charge is -2.40. The normalized spacial score (nSPS) is 16.5. The van der Waals surface area contributed by atoms with Crippen LogP contribution in [0.5, 0.6) is 0 Å². The van der Waals surface area contributed by atoms with Crippen molar-refractivity contribution in [2.45, 2.75) is 19.1 Å². The Morgan fingerprint density at radius 1 is 1.24 bits per heavy atom. The molecule has 0 radical (unpaired) electrons. The van der Waals surface area contributed by atoms with Crippen molar-refractivity contribution in [2.24, 2.45) is 0 Å². The van der Waals surface area contributed by atoms with Gasteiger partial charge in [-0.15, -0.1) is 0 Å². The van der Waals surface area contributed by atoms with E-state index in [0.29, 0.717) is 30.8 Å². The van der Waals surface area contributed by atoms with Crippen LogP contribution in [0.25, 0.3) is 10.9 Å². The van der Waals surface area contributed by atoms with Crippen LogP contribution >= 0.6 is 23.2 Å². The Morgan fingerprint density at radius 3 is 2.79 bits per heavy atom. The van der Waals surface area contributed by atoms with Crippen LogP contribution in [-0.4, -0.2) is 58.0 Å². The van der Waals surface area contributed by atoms with Gasteiger partial charge in [0.05, 0.1) is 24.4 Å². The Labute approximate surface area is 199 Å². The Hall–Kier alpha value is -3.06. The predicted molar refractivity (Wildman–Crippen MR) is 121 cm³/mol. The minimum Gasteiger partial charge on any atom is -0.460 e. The minimum atomic E-state index is -0.770. The fraction of sp³-hybridized carbons (Fsp3) is 0.318. The molecule has 3 aromatic rings. The largest absolute Gasteiger partial charge is 0.460 e. The number of anilines is 1. The number of ether oxygens (including phenoxy) is 1. The van der Waals surface area contributed by atoms with Gasteiger partial charge in [0.15, 0.2) is 11.0 Å². The van der Waals surface area contributed by atoms with Gasteiger partial charge in [-0.1, -0.05) is 41.9 Å². The number of rotatable bonds is 6. The SMILES string of the molecule is N#CC[C@H]1CN(c2nc(Cl)nc3c(F)c(Cl)ncc23)CCN1CC(=O)OCc1ccccc1. The standard InChI is InChI=1S/C22H19Cl2FN6O2/c23-20-18(25)19-16(10-27-20)21(29-22(24)28-19)31-9-8-30(15(11-31)6-7-26)12-17(32)33-13-14-4-2-1-3-5-14/h1-5,10,15H,6,8-9,11-13H2/t15-/m0/s1. The number of nitriles is 1. The zero-order valence-corrected chi connectivity index (χ0v) is 18.9. The summed E-state index contributed by atoms with van der Waals surface area (Å²) in [6.45, 7) is 1.57. The van der Waals surface area contributed by atoms with E-state index in [-0.39, 0.29) is 47.5 Å². The number of carbonyl (C=O) groups excluding carboxylic acids is 1. The van der Waals surface area contributed by atoms with Crippen molar-refractivity contribution >= 4 is 45.9 Å². The van der Waals surface area contributed by atoms with Crippen LogP contribution < -0.4 is 4.90 Å². The lowest BCUT2D eigenvalue weighted by atomic mass is 10.1. The van der Waals surface area contributed by atoms with Gasteiger partial charge >= 0.3 is 5.97 Å². The quantitative estimate of drug-likeness (QED) is 0.295. The molecule has 0 spiro atoms. The Bertz CT molecular complexity index is 1210. The van der Waals surface area contributed by atoms with Gasteiger partial charge in [-0.2, -0.15) is 10.2 Å². The Kier molecular flexibility index (Phi) is 7.18. The van der Waals surface area contributed by atoms with Gasteiger partial charge in [-0.3, -0.25) is 9.69 Å². The van der Waals surface area contributed by atoms with E-state index in [1.165, 1.54) is 6.20 Å². The van der Waals surface area contributed by atoms with E-state index in [1.54, 1.807) is 0 Å². The summed E-state index contributed by atoms with van der Waals surface area (Å²) in [5.74, 6) is -0.734. The molecule has 1 saturated heterocycles. The third-order valence-electron chi connectivity index (χ3n) is 5.40. The molecule has 1 aliphatic rings. The zero-order valence-electron chi connectivity index (χ0n) is 17.4. The van der Waals surface area contributed by atoms with E-state index in [1.807, 2.05) is 40.1 Å². The van der Waals surface area contributed by atoms with Crippen LogP contribution in [0.15, 0.2) is 36.5 Å². The molecule has 4 rings (SSSR count). The van der Waals surface area contributed by atoms with E-state index in [2.05, 4.69) is 21.0 Å². The third-order valence-corrected chi connectivity index (χ3v) is 5.83. The molecule has 8 nitrogen and oxygen atoms in total. The average Bonchev–Trinajstić information content (AvgIpc) is 2.82. The van der Waals surface area contributed by atoms with Crippen molar-refractivity contribution in [3.8, 4) is 6.07 Å². The molecule has 1 aliphatic heterocycles. The van der Waals surface area contributed by atoms with E-state index < -0.39 is 5.82 Å². The number of halogens is 3. The molecule has 11 heteroatoms. The van der Waals surface area contributed by atoms with Gasteiger partial charge < -0.3 is 9.64 Å². The molecule has 0 bridgehead atoms. The number of fused-ring (bicyclic) bond motifs is 1. The van der Waals surface area contributed by atoms with Crippen LogP contribution in [0, 0.1) is 17.1 Å². The maximum absolute atomic E-state index is 14.5. The zero-order chi connectivity index (χ0) is 23.4. The number of hydrogen-bond donors (Lipinski definition) is 0. The van der Waals surface area contributed by atoms with Gasteiger partial charge in [0, 0.05) is 31.9 Å². The maximum Gasteiger partial charge on any atom is 0.320 e. The number of pyridine rings is 1. The summed E-state index contributed by atoms with van der Waals surface area (Å²) in [6, 6.07) is 11.3. The smallest absolute Gasteiger partial charge is 0.320 e. The van der Waals surface area contributed by atoms with E-state index in [4.69, 9.17) is 27.9 Å². The van der Waals surface area contributed by atoms with Gasteiger partial charge in [0.1, 0.15) is 17.9 Å². The number of aromatic nitrogens is 3. The van der Waals surface area contributed by atoms with Gasteiger partial charge in [0.25, 0.3) is 0 Å². The highest BCUT2D eigenvalue weighted by Crippen LogP contribution is 2.30. The van der Waals surface area contributed by atoms with Crippen LogP contribution in [0.3, 0.4) is 0 Å². The van der Waals surface area contributed by atoms with Crippen LogP contribution in [-0.2, 0) is 16.1 Å². The Balaban J connectivity index is 1.49. The summed E-state index contributed by atoms with van der Waals surface area (Å²) in [7, 11) is 0. The van der Waals surface area contributed by atoms with Crippen molar-refractivity contribution in [3.05, 3.63) is 58.3 Å². The second-order valence-electron chi connectivity index (χ2n) is 7.52. The molecule has 2 aromatic heterocycles. The summed E-state index contributed by atoms with van der Waals surface area (Å²) in [5, 5.41) is 9.27. The summed E-state index contributed by atoms with van der Waals surface area (Å²) in [6.07, 6.45) is 1.59. The number of piperazine rings is 1. The summed E-state index contributed by atoms with van der Waals surface area (Å²) in [4.78, 5) is 28.3. The fourth-order valence-electron chi connectivity index (χ4n) is 3.78. The number of hydrogen-bond acceptors (Lipinski definition) is 8. The van der Waals surface area contributed by atoms with E-state index in [9.17, 15) is 14.4 Å². The molecule has 1 atom stereocenters. The van der Waals surface area contributed by atoms with Crippen molar-refractivity contribution in [1.82, 2.24) is 19.9 Å². The molecule has 3 heterocycles. The molecular formula is C22H19Cl2FN6O2. The topological polar surface area (TPSA) is 95.2 Å². The highest BCUT2D eigenvalue weighted by Gasteiger charge is 2.31. The van der Waals surface area contributed by atoms with Crippen LogP contribution in [0.4, 0.5) is 10.2 Å². The minimum absolute atomic E-state index is 0.0197. The number of carbonyl (C=O) groups is 1. The molecule has 0 saturated carbocycles. The monoisotopic (exact) mass is 488 g/mol. The van der Waals surface area contributed by atoms with E-state index >= 15 is 0 Å². The van der Waals surface area contributed by atoms with Gasteiger partial charge in [-0.05, 0) is 17.2 Å². The first-order valence-electron chi connectivity index (χ1n) is 10.2. The van der Waals surface area contributed by atoms with E-state index in [0.717, 1.165) is 5.56 Å². The van der Waals surface area contributed by atoms with Crippen molar-refractivity contribution in [3.63, 3.8) is 0 Å². The predicted octanol–water partition coefficient (Wildman–Crippen LogP) is 3.62. The summed E-state index contributed by atoms with van der Waals surface area (Å²) in [5.41, 5.74) is 0.881. The van der Waals surface area contributed by atoms with Crippen molar-refractivity contribution < 1.29 is 13.9 Å². The summed E-state index contributed by atoms with van der Waals surface area (Å²) >= 11 is 11.8. The number of benzene rings is 1. The first-order chi connectivity index (χ1) is 16.0. The first-order valence-corrected chi connectivity index (χ1v) is 10.9. The molecular weight excluding hydrogens is 470 g/mol. The van der Waals surface area contributed by atoms with Crippen LogP contribution in [0.2, 0.25) is 10.4 Å². The molecule has 1 fully saturated rings. The molecule has 33 heavy (non-hydrogen) atoms. The molecule has 0 N–H and O–H groups in total. The second kappa shape index (κ2) is 10.3. The van der Waals surface area contributed by atoms with Gasteiger partial charge in [0.2, 0.25) is 5.28 Å². The molecule has 0 amide bonds. The highest BCUT2D eigenvalue weighted by molar-refractivity contribution is 6.30. The van der Waals surface area contributed by atoms with Crippen LogP contribution in [0.1, 0.15) is 12.0 Å². The summed E-state index contributed by atoms with van der Waals surface area (Å²) < 4.78 is 19.8. The highest BCUT2D eigenvalue weighted by atomic mass is 35.5. The van der Waals surface area contributed by atoms with Crippen molar-refractivity contribution in [2.75, 3.05) is 31.1 Å².